The first-order valence-corrected chi connectivity index (χ1v) is 7.54. The topological polar surface area (TPSA) is 68.0 Å². The lowest BCUT2D eigenvalue weighted by Crippen LogP contribution is -2.14. The summed E-state index contributed by atoms with van der Waals surface area (Å²) in [7, 11) is 0. The van der Waals surface area contributed by atoms with Crippen LogP contribution in [0.4, 0.5) is 32.4 Å². The van der Waals surface area contributed by atoms with E-state index in [1.165, 1.54) is 6.07 Å². The van der Waals surface area contributed by atoms with Crippen molar-refractivity contribution in [2.75, 3.05) is 5.32 Å². The molecule has 3 aromatic rings. The van der Waals surface area contributed by atoms with Gasteiger partial charge in [-0.3, -0.25) is 10.1 Å². The maximum Gasteiger partial charge on any atom is 0.416 e. The number of alkyl halides is 6. The van der Waals surface area contributed by atoms with E-state index in [0.29, 0.717) is 6.07 Å². The van der Waals surface area contributed by atoms with E-state index in [0.717, 1.165) is 36.4 Å². The van der Waals surface area contributed by atoms with Gasteiger partial charge in [0.05, 0.1) is 11.1 Å². The highest BCUT2D eigenvalue weighted by atomic mass is 19.4. The summed E-state index contributed by atoms with van der Waals surface area (Å²) in [6.45, 7) is 0. The van der Waals surface area contributed by atoms with Crippen molar-refractivity contribution >= 4 is 11.9 Å². The molecule has 0 radical (unpaired) electrons. The van der Waals surface area contributed by atoms with E-state index in [1.54, 1.807) is 0 Å². The zero-order valence-corrected chi connectivity index (χ0v) is 13.6. The van der Waals surface area contributed by atoms with Gasteiger partial charge in [0.15, 0.2) is 0 Å². The fraction of sp³-hybridized carbons (Fsp3) is 0.118. The number of aromatic nitrogens is 2. The van der Waals surface area contributed by atoms with Crippen molar-refractivity contribution in [3.05, 3.63) is 65.2 Å². The van der Waals surface area contributed by atoms with Crippen molar-refractivity contribution in [3.63, 3.8) is 0 Å². The first-order valence-electron chi connectivity index (χ1n) is 7.54. The van der Waals surface area contributed by atoms with Crippen LogP contribution in [0.3, 0.4) is 0 Å². The minimum Gasteiger partial charge on any atom is -0.403 e. The molecule has 1 heterocycles. The van der Waals surface area contributed by atoms with Crippen LogP contribution in [-0.2, 0) is 12.4 Å². The van der Waals surface area contributed by atoms with Crippen LogP contribution in [0.2, 0.25) is 0 Å². The Balaban J connectivity index is 1.79. The lowest BCUT2D eigenvalue weighted by molar-refractivity contribution is -0.138. The van der Waals surface area contributed by atoms with Crippen LogP contribution in [0, 0.1) is 0 Å². The number of nitrogens with zero attached hydrogens (tertiary/aromatic N) is 2. The van der Waals surface area contributed by atoms with E-state index in [9.17, 15) is 31.1 Å². The number of nitrogens with one attached hydrogen (secondary N) is 1. The number of halogens is 6. The highest BCUT2D eigenvalue weighted by molar-refractivity contribution is 6.03. The summed E-state index contributed by atoms with van der Waals surface area (Å²) in [6, 6.07) is 7.24. The zero-order valence-electron chi connectivity index (χ0n) is 13.6. The second-order valence-electron chi connectivity index (χ2n) is 5.52. The molecule has 1 N–H and O–H groups in total. The van der Waals surface area contributed by atoms with Crippen molar-refractivity contribution < 1.29 is 35.6 Å². The Kier molecular flexibility index (Phi) is 4.84. The van der Waals surface area contributed by atoms with Gasteiger partial charge >= 0.3 is 18.4 Å². The second-order valence-corrected chi connectivity index (χ2v) is 5.52. The lowest BCUT2D eigenvalue weighted by atomic mass is 10.1. The summed E-state index contributed by atoms with van der Waals surface area (Å²) in [6.07, 6.45) is -9.20. The van der Waals surface area contributed by atoms with Gasteiger partial charge in [-0.25, -0.2) is 0 Å². The summed E-state index contributed by atoms with van der Waals surface area (Å²) in [5.74, 6) is -1.25. The Morgan fingerprint density at radius 3 is 2.11 bits per heavy atom. The standard InChI is InChI=1S/C17H9F6N3O2/c18-16(19,20)11-5-1-3-9(7-11)13(27)24-15-26-25-14(28-15)10-4-2-6-12(8-10)17(21,22)23/h1-8H,(H,24,26,27). The van der Waals surface area contributed by atoms with Gasteiger partial charge in [-0.05, 0) is 36.4 Å². The third-order valence-corrected chi connectivity index (χ3v) is 3.53. The maximum atomic E-state index is 12.8. The molecule has 11 heteroatoms. The van der Waals surface area contributed by atoms with Crippen molar-refractivity contribution in [2.24, 2.45) is 0 Å². The minimum absolute atomic E-state index is 0.0399. The Hall–Kier alpha value is -3.37. The summed E-state index contributed by atoms with van der Waals surface area (Å²) in [5.41, 5.74) is -2.30. The predicted molar refractivity (Wildman–Crippen MR) is 84.1 cm³/mol. The van der Waals surface area contributed by atoms with Crippen molar-refractivity contribution in [1.82, 2.24) is 10.2 Å². The normalized spacial score (nSPS) is 12.1. The van der Waals surface area contributed by atoms with Crippen molar-refractivity contribution in [2.45, 2.75) is 12.4 Å². The molecule has 0 unspecified atom stereocenters. The number of rotatable bonds is 3. The van der Waals surface area contributed by atoms with E-state index in [-0.39, 0.29) is 17.0 Å². The molecule has 0 bridgehead atoms. The third kappa shape index (κ3) is 4.30. The second kappa shape index (κ2) is 6.98. The minimum atomic E-state index is -4.63. The Morgan fingerprint density at radius 2 is 1.46 bits per heavy atom. The van der Waals surface area contributed by atoms with Crippen molar-refractivity contribution in [1.29, 1.82) is 0 Å². The van der Waals surface area contributed by atoms with Gasteiger partial charge in [0.2, 0.25) is 5.89 Å². The van der Waals surface area contributed by atoms with Gasteiger partial charge in [-0.15, -0.1) is 5.10 Å². The van der Waals surface area contributed by atoms with E-state index < -0.39 is 35.4 Å². The summed E-state index contributed by atoms with van der Waals surface area (Å²) >= 11 is 0. The molecule has 28 heavy (non-hydrogen) atoms. The van der Waals surface area contributed by atoms with Gasteiger partial charge in [-0.2, -0.15) is 26.3 Å². The lowest BCUT2D eigenvalue weighted by Gasteiger charge is -2.08. The van der Waals surface area contributed by atoms with E-state index in [4.69, 9.17) is 4.42 Å². The summed E-state index contributed by atoms with van der Waals surface area (Å²) in [5, 5.41) is 9.11. The van der Waals surface area contributed by atoms with Gasteiger partial charge in [-0.1, -0.05) is 17.2 Å². The molecule has 0 fully saturated rings. The number of hydrogen-bond donors (Lipinski definition) is 1. The van der Waals surface area contributed by atoms with Crippen LogP contribution in [0.25, 0.3) is 11.5 Å². The quantitative estimate of drug-likeness (QED) is 0.626. The van der Waals surface area contributed by atoms with Gasteiger partial charge < -0.3 is 4.42 Å². The molecule has 1 amide bonds. The molecule has 0 saturated carbocycles. The van der Waals surface area contributed by atoms with Gasteiger partial charge in [0, 0.05) is 11.1 Å². The number of carbonyl (C=O) groups excluding carboxylic acids is 1. The molecule has 3 rings (SSSR count). The molecule has 2 aromatic carbocycles. The average molecular weight is 401 g/mol. The van der Waals surface area contributed by atoms with Crippen LogP contribution in [0.15, 0.2) is 52.9 Å². The SMILES string of the molecule is O=C(Nc1nnc(-c2cccc(C(F)(F)F)c2)o1)c1cccc(C(F)(F)F)c1. The van der Waals surface area contributed by atoms with Crippen LogP contribution >= 0.6 is 0 Å². The molecule has 1 aromatic heterocycles. The largest absolute Gasteiger partial charge is 0.416 e. The van der Waals surface area contributed by atoms with Gasteiger partial charge in [0.1, 0.15) is 0 Å². The average Bonchev–Trinajstić information content (AvgIpc) is 3.09. The molecule has 0 aliphatic rings. The van der Waals surface area contributed by atoms with Crippen LogP contribution in [-0.4, -0.2) is 16.1 Å². The molecular formula is C17H9F6N3O2. The molecule has 0 spiro atoms. The molecule has 5 nitrogen and oxygen atoms in total. The maximum absolute atomic E-state index is 12.8. The number of anilines is 1. The van der Waals surface area contributed by atoms with E-state index in [1.807, 2.05) is 0 Å². The number of hydrogen-bond acceptors (Lipinski definition) is 4. The monoisotopic (exact) mass is 401 g/mol. The number of amides is 1. The fourth-order valence-corrected chi connectivity index (χ4v) is 2.23. The highest BCUT2D eigenvalue weighted by Crippen LogP contribution is 2.32. The zero-order chi connectivity index (χ0) is 20.5. The van der Waals surface area contributed by atoms with E-state index in [2.05, 4.69) is 15.5 Å². The highest BCUT2D eigenvalue weighted by Gasteiger charge is 2.32. The van der Waals surface area contributed by atoms with Crippen LogP contribution in [0.5, 0.6) is 0 Å². The van der Waals surface area contributed by atoms with Crippen LogP contribution < -0.4 is 5.32 Å². The van der Waals surface area contributed by atoms with Gasteiger partial charge in [0.25, 0.3) is 5.91 Å². The molecule has 0 aliphatic heterocycles. The molecular weight excluding hydrogens is 392 g/mol. The predicted octanol–water partition coefficient (Wildman–Crippen LogP) is 5.03. The first kappa shape index (κ1) is 19.4. The smallest absolute Gasteiger partial charge is 0.403 e. The van der Waals surface area contributed by atoms with E-state index >= 15 is 0 Å². The first-order chi connectivity index (χ1) is 13.0. The Labute approximate surface area is 153 Å². The Bertz CT molecular complexity index is 1010. The number of carbonyl (C=O) groups is 1. The van der Waals surface area contributed by atoms with Crippen molar-refractivity contribution in [3.8, 4) is 11.5 Å². The molecule has 0 atom stereocenters. The third-order valence-electron chi connectivity index (χ3n) is 3.53. The molecule has 0 saturated heterocycles. The summed E-state index contributed by atoms with van der Waals surface area (Å²) < 4.78 is 81.5. The Morgan fingerprint density at radius 1 is 0.857 bits per heavy atom. The fourth-order valence-electron chi connectivity index (χ4n) is 2.23. The number of benzene rings is 2. The van der Waals surface area contributed by atoms with Crippen LogP contribution in [0.1, 0.15) is 21.5 Å². The summed E-state index contributed by atoms with van der Waals surface area (Å²) in [4.78, 5) is 12.1. The molecule has 146 valence electrons. The molecule has 0 aliphatic carbocycles.